The third kappa shape index (κ3) is 6.54. The summed E-state index contributed by atoms with van der Waals surface area (Å²) in [5.74, 6) is 1.15. The Morgan fingerprint density at radius 3 is 2.84 bits per heavy atom. The Morgan fingerprint density at radius 2 is 2.03 bits per heavy atom. The van der Waals surface area contributed by atoms with Crippen molar-refractivity contribution in [1.29, 1.82) is 0 Å². The number of rotatable bonds is 10. The third-order valence-corrected chi connectivity index (χ3v) is 7.71. The molecule has 1 aromatic carbocycles. The number of likely N-dealkylation sites (tertiary alicyclic amines) is 1. The normalized spacial score (nSPS) is 29.4. The first-order valence-electron chi connectivity index (χ1n) is 12.8. The number of allylic oxidation sites excluding steroid dienone is 1. The van der Waals surface area contributed by atoms with Gasteiger partial charge < -0.3 is 20.4 Å². The largest absolute Gasteiger partial charge is 0.392 e. The molecule has 0 bridgehead atoms. The van der Waals surface area contributed by atoms with Gasteiger partial charge >= 0.3 is 0 Å². The van der Waals surface area contributed by atoms with Crippen LogP contribution in [0.2, 0.25) is 0 Å². The van der Waals surface area contributed by atoms with Crippen LogP contribution < -0.4 is 5.32 Å². The number of aliphatic hydroxyl groups is 2. The van der Waals surface area contributed by atoms with Gasteiger partial charge in [0.1, 0.15) is 0 Å². The summed E-state index contributed by atoms with van der Waals surface area (Å²) in [6.07, 6.45) is 13.5. The fourth-order valence-electron chi connectivity index (χ4n) is 5.99. The van der Waals surface area contributed by atoms with Crippen molar-refractivity contribution >= 4 is 0 Å². The number of nitrogens with zero attached hydrogens (tertiary/aromatic N) is 1. The van der Waals surface area contributed by atoms with Crippen molar-refractivity contribution in [2.75, 3.05) is 32.7 Å². The summed E-state index contributed by atoms with van der Waals surface area (Å²) >= 11 is 0. The van der Waals surface area contributed by atoms with Crippen LogP contribution in [0.4, 0.5) is 0 Å². The van der Waals surface area contributed by atoms with Gasteiger partial charge in [-0.25, -0.2) is 0 Å². The van der Waals surface area contributed by atoms with Crippen LogP contribution in [0.3, 0.4) is 0 Å². The Hall–Kier alpha value is -1.46. The van der Waals surface area contributed by atoms with Crippen LogP contribution in [0, 0.1) is 24.7 Å². The van der Waals surface area contributed by atoms with E-state index in [-0.39, 0.29) is 12.0 Å². The summed E-state index contributed by atoms with van der Waals surface area (Å²) in [5, 5.41) is 24.7. The molecule has 1 saturated heterocycles. The van der Waals surface area contributed by atoms with E-state index in [1.54, 1.807) is 5.57 Å². The first-order valence-corrected chi connectivity index (χ1v) is 12.8. The van der Waals surface area contributed by atoms with E-state index >= 15 is 0 Å². The summed E-state index contributed by atoms with van der Waals surface area (Å²) in [6, 6.07) is 8.32. The first-order chi connectivity index (χ1) is 15.6. The van der Waals surface area contributed by atoms with Crippen LogP contribution in [0.15, 0.2) is 48.1 Å². The molecule has 0 unspecified atom stereocenters. The van der Waals surface area contributed by atoms with Gasteiger partial charge in [0.2, 0.25) is 0 Å². The Morgan fingerprint density at radius 1 is 1.19 bits per heavy atom. The van der Waals surface area contributed by atoms with Crippen molar-refractivity contribution < 1.29 is 10.2 Å². The fourth-order valence-corrected chi connectivity index (χ4v) is 5.99. The number of hydrogen-bond acceptors (Lipinski definition) is 4. The standard InChI is InChI=1S/C28H42N2O2/c1-21-6-5-7-22(16-21)18-25(31)8-9-26-27-19-23(17-24(27)20-28(26)32)10-11-29-12-15-30-13-3-2-4-14-30/h5-9,16-17,24-29,31-32H,2-4,10-15,18-20H2,1H3/t24-,25-,26+,27-,28+/m0/s1. The van der Waals surface area contributed by atoms with Crippen LogP contribution in [-0.2, 0) is 6.42 Å². The third-order valence-electron chi connectivity index (χ3n) is 7.71. The summed E-state index contributed by atoms with van der Waals surface area (Å²) in [6.45, 7) is 7.94. The van der Waals surface area contributed by atoms with Crippen molar-refractivity contribution in [2.24, 2.45) is 17.8 Å². The number of piperidine rings is 1. The predicted molar refractivity (Wildman–Crippen MR) is 132 cm³/mol. The highest BCUT2D eigenvalue weighted by atomic mass is 16.3. The maximum absolute atomic E-state index is 10.6. The van der Waals surface area contributed by atoms with Gasteiger partial charge in [-0.3, -0.25) is 0 Å². The lowest BCUT2D eigenvalue weighted by Crippen LogP contribution is -2.36. The van der Waals surface area contributed by atoms with Gasteiger partial charge in [-0.15, -0.1) is 0 Å². The van der Waals surface area contributed by atoms with Crippen LogP contribution >= 0.6 is 0 Å². The molecule has 1 saturated carbocycles. The van der Waals surface area contributed by atoms with E-state index in [9.17, 15) is 10.2 Å². The molecule has 2 fully saturated rings. The first kappa shape index (κ1) is 23.7. The monoisotopic (exact) mass is 438 g/mol. The number of benzene rings is 1. The Balaban J connectivity index is 1.19. The van der Waals surface area contributed by atoms with E-state index in [0.29, 0.717) is 18.3 Å². The van der Waals surface area contributed by atoms with Gasteiger partial charge in [-0.1, -0.05) is 60.1 Å². The van der Waals surface area contributed by atoms with Crippen LogP contribution in [0.25, 0.3) is 0 Å². The number of hydrogen-bond donors (Lipinski definition) is 3. The molecule has 4 rings (SSSR count). The number of fused-ring (bicyclic) bond motifs is 1. The molecular formula is C28H42N2O2. The van der Waals surface area contributed by atoms with Crippen molar-refractivity contribution in [3.8, 4) is 0 Å². The maximum atomic E-state index is 10.6. The van der Waals surface area contributed by atoms with Crippen LogP contribution in [-0.4, -0.2) is 60.0 Å². The second-order valence-electron chi connectivity index (χ2n) is 10.3. The summed E-state index contributed by atoms with van der Waals surface area (Å²) in [7, 11) is 0. The molecule has 5 atom stereocenters. The molecule has 32 heavy (non-hydrogen) atoms. The molecule has 1 aromatic rings. The molecule has 176 valence electrons. The van der Waals surface area contributed by atoms with Gasteiger partial charge in [0.25, 0.3) is 0 Å². The fraction of sp³-hybridized carbons (Fsp3) is 0.643. The highest BCUT2D eigenvalue weighted by Gasteiger charge is 2.43. The van der Waals surface area contributed by atoms with Gasteiger partial charge in [0, 0.05) is 25.4 Å². The average Bonchev–Trinajstić information content (AvgIpc) is 3.29. The molecule has 1 aliphatic heterocycles. The second kappa shape index (κ2) is 11.6. The highest BCUT2D eigenvalue weighted by molar-refractivity contribution is 5.24. The van der Waals surface area contributed by atoms with Crippen molar-refractivity contribution in [1.82, 2.24) is 10.2 Å². The van der Waals surface area contributed by atoms with Gasteiger partial charge in [0.05, 0.1) is 12.2 Å². The Bertz CT molecular complexity index is 783. The smallest absolute Gasteiger partial charge is 0.0761 e. The van der Waals surface area contributed by atoms with Crippen molar-refractivity contribution in [3.63, 3.8) is 0 Å². The molecule has 3 aliphatic rings. The molecule has 3 N–H and O–H groups in total. The second-order valence-corrected chi connectivity index (χ2v) is 10.3. The molecular weight excluding hydrogens is 396 g/mol. The minimum atomic E-state index is -0.499. The van der Waals surface area contributed by atoms with Gasteiger partial charge in [-0.05, 0) is 76.1 Å². The zero-order chi connectivity index (χ0) is 22.3. The molecule has 0 amide bonds. The average molecular weight is 439 g/mol. The molecule has 0 spiro atoms. The quantitative estimate of drug-likeness (QED) is 0.384. The number of aliphatic hydroxyl groups excluding tert-OH is 2. The molecule has 1 heterocycles. The molecule has 0 radical (unpaired) electrons. The topological polar surface area (TPSA) is 55.7 Å². The number of nitrogens with one attached hydrogen (secondary N) is 1. The summed E-state index contributed by atoms with van der Waals surface area (Å²) in [5.41, 5.74) is 3.93. The predicted octanol–water partition coefficient (Wildman–Crippen LogP) is 3.86. The van der Waals surface area contributed by atoms with E-state index in [0.717, 1.165) is 37.9 Å². The minimum absolute atomic E-state index is 0.160. The van der Waals surface area contributed by atoms with E-state index in [1.807, 2.05) is 12.1 Å². The molecule has 4 nitrogen and oxygen atoms in total. The van der Waals surface area contributed by atoms with Gasteiger partial charge in [0.15, 0.2) is 0 Å². The van der Waals surface area contributed by atoms with Crippen LogP contribution in [0.1, 0.15) is 49.7 Å². The lowest BCUT2D eigenvalue weighted by molar-refractivity contribution is 0.140. The van der Waals surface area contributed by atoms with Crippen LogP contribution in [0.5, 0.6) is 0 Å². The summed E-state index contributed by atoms with van der Waals surface area (Å²) in [4.78, 5) is 2.58. The molecule has 0 aromatic heterocycles. The maximum Gasteiger partial charge on any atom is 0.0761 e. The minimum Gasteiger partial charge on any atom is -0.392 e. The van der Waals surface area contributed by atoms with E-state index < -0.39 is 6.10 Å². The lowest BCUT2D eigenvalue weighted by atomic mass is 9.88. The van der Waals surface area contributed by atoms with E-state index in [1.165, 1.54) is 44.5 Å². The van der Waals surface area contributed by atoms with Gasteiger partial charge in [-0.2, -0.15) is 0 Å². The Labute approximate surface area is 194 Å². The molecule has 4 heteroatoms. The van der Waals surface area contributed by atoms with Crippen molar-refractivity contribution in [3.05, 3.63) is 59.2 Å². The lowest BCUT2D eigenvalue weighted by Gasteiger charge is -2.26. The van der Waals surface area contributed by atoms with E-state index in [2.05, 4.69) is 47.5 Å². The number of aryl methyl sites for hydroxylation is 1. The van der Waals surface area contributed by atoms with E-state index in [4.69, 9.17) is 0 Å². The Kier molecular flexibility index (Phi) is 8.59. The zero-order valence-corrected chi connectivity index (χ0v) is 19.8. The summed E-state index contributed by atoms with van der Waals surface area (Å²) < 4.78 is 0. The SMILES string of the molecule is Cc1cccc(C[C@@H](O)C=C[C@@H]2[C@H]3CC(CCNCCN4CCCCC4)=C[C@H]3C[C@H]2O)c1. The highest BCUT2D eigenvalue weighted by Crippen LogP contribution is 2.47. The zero-order valence-electron chi connectivity index (χ0n) is 19.8. The molecule has 2 aliphatic carbocycles. The van der Waals surface area contributed by atoms with Crippen molar-refractivity contribution in [2.45, 2.75) is 64.1 Å².